The summed E-state index contributed by atoms with van der Waals surface area (Å²) in [6.07, 6.45) is 2.71. The Kier molecular flexibility index (Phi) is 7.05. The van der Waals surface area contributed by atoms with Crippen LogP contribution in [0.1, 0.15) is 24.6 Å². The van der Waals surface area contributed by atoms with Gasteiger partial charge in [-0.3, -0.25) is 9.89 Å². The molecule has 2 aromatic rings. The number of halogens is 1. The SMILES string of the molecule is CN=C(NC1CC1(C)c1ccccc1OC)N1CCN(Cc2ccon2)CC1.I. The van der Waals surface area contributed by atoms with E-state index in [0.29, 0.717) is 6.04 Å². The fourth-order valence-electron chi connectivity index (χ4n) is 4.11. The highest BCUT2D eigenvalue weighted by molar-refractivity contribution is 14.0. The molecule has 0 spiro atoms. The summed E-state index contributed by atoms with van der Waals surface area (Å²) < 4.78 is 10.5. The molecule has 2 fully saturated rings. The van der Waals surface area contributed by atoms with E-state index in [1.54, 1.807) is 13.4 Å². The lowest BCUT2D eigenvalue weighted by molar-refractivity contribution is 0.169. The molecule has 1 aliphatic heterocycles. The number of hydrogen-bond acceptors (Lipinski definition) is 5. The minimum atomic E-state index is 0. The molecule has 0 amide bonds. The highest BCUT2D eigenvalue weighted by Gasteiger charge is 2.53. The lowest BCUT2D eigenvalue weighted by Crippen LogP contribution is -2.53. The van der Waals surface area contributed by atoms with Gasteiger partial charge in [0.15, 0.2) is 5.96 Å². The number of benzene rings is 1. The van der Waals surface area contributed by atoms with Gasteiger partial charge in [-0.05, 0) is 12.5 Å². The van der Waals surface area contributed by atoms with Crippen LogP contribution in [0.4, 0.5) is 0 Å². The van der Waals surface area contributed by atoms with Gasteiger partial charge in [-0.25, -0.2) is 0 Å². The summed E-state index contributed by atoms with van der Waals surface area (Å²) in [5, 5.41) is 7.70. The maximum absolute atomic E-state index is 5.58. The summed E-state index contributed by atoms with van der Waals surface area (Å²) in [5.41, 5.74) is 2.33. The molecule has 7 nitrogen and oxygen atoms in total. The molecular weight excluding hydrogens is 481 g/mol. The first-order valence-electron chi connectivity index (χ1n) is 9.87. The lowest BCUT2D eigenvalue weighted by atomic mass is 9.96. The monoisotopic (exact) mass is 511 g/mol. The van der Waals surface area contributed by atoms with Gasteiger partial charge in [-0.1, -0.05) is 30.3 Å². The van der Waals surface area contributed by atoms with Crippen LogP contribution < -0.4 is 10.1 Å². The molecule has 1 N–H and O–H groups in total. The van der Waals surface area contributed by atoms with Crippen LogP contribution in [0, 0.1) is 0 Å². The van der Waals surface area contributed by atoms with Crippen LogP contribution in [-0.4, -0.2) is 67.3 Å². The highest BCUT2D eigenvalue weighted by atomic mass is 127. The van der Waals surface area contributed by atoms with E-state index in [2.05, 4.69) is 44.3 Å². The van der Waals surface area contributed by atoms with Crippen molar-refractivity contribution in [2.45, 2.75) is 31.3 Å². The molecule has 2 aliphatic rings. The maximum atomic E-state index is 5.58. The average molecular weight is 511 g/mol. The van der Waals surface area contributed by atoms with Crippen molar-refractivity contribution < 1.29 is 9.26 Å². The van der Waals surface area contributed by atoms with Crippen molar-refractivity contribution in [1.82, 2.24) is 20.3 Å². The summed E-state index contributed by atoms with van der Waals surface area (Å²) in [6.45, 7) is 7.02. The van der Waals surface area contributed by atoms with Crippen LogP contribution in [0.15, 0.2) is 46.1 Å². The molecule has 8 heteroatoms. The van der Waals surface area contributed by atoms with Gasteiger partial charge in [0.1, 0.15) is 12.0 Å². The van der Waals surface area contributed by atoms with Crippen LogP contribution in [0.2, 0.25) is 0 Å². The average Bonchev–Trinajstić information content (AvgIpc) is 3.12. The predicted octanol–water partition coefficient (Wildman–Crippen LogP) is 2.72. The quantitative estimate of drug-likeness (QED) is 0.379. The number of piperazine rings is 1. The van der Waals surface area contributed by atoms with Crippen LogP contribution in [0.5, 0.6) is 5.75 Å². The lowest BCUT2D eigenvalue weighted by Gasteiger charge is -2.36. The van der Waals surface area contributed by atoms with Gasteiger partial charge in [-0.15, -0.1) is 24.0 Å². The van der Waals surface area contributed by atoms with Gasteiger partial charge in [0.05, 0.1) is 12.8 Å². The third-order valence-corrected chi connectivity index (χ3v) is 6.02. The molecule has 4 rings (SSSR count). The second kappa shape index (κ2) is 9.34. The minimum absolute atomic E-state index is 0. The Morgan fingerprint density at radius 1 is 1.28 bits per heavy atom. The van der Waals surface area contributed by atoms with E-state index < -0.39 is 0 Å². The van der Waals surface area contributed by atoms with Crippen molar-refractivity contribution in [3.8, 4) is 5.75 Å². The molecule has 1 aromatic carbocycles. The predicted molar refractivity (Wildman–Crippen MR) is 124 cm³/mol. The van der Waals surface area contributed by atoms with Gasteiger partial charge in [0, 0.05) is 62.9 Å². The number of nitrogens with zero attached hydrogens (tertiary/aromatic N) is 4. The van der Waals surface area contributed by atoms with Crippen molar-refractivity contribution in [2.75, 3.05) is 40.3 Å². The summed E-state index contributed by atoms with van der Waals surface area (Å²) >= 11 is 0. The zero-order valence-corrected chi connectivity index (χ0v) is 19.6. The first kappa shape index (κ1) is 21.9. The van der Waals surface area contributed by atoms with E-state index in [4.69, 9.17) is 9.26 Å². The molecule has 2 unspecified atom stereocenters. The Morgan fingerprint density at radius 2 is 2.03 bits per heavy atom. The summed E-state index contributed by atoms with van der Waals surface area (Å²) in [6, 6.07) is 10.6. The van der Waals surface area contributed by atoms with Gasteiger partial charge in [-0.2, -0.15) is 0 Å². The van der Waals surface area contributed by atoms with Crippen LogP contribution in [0.25, 0.3) is 0 Å². The molecular formula is C21H30IN5O2. The summed E-state index contributed by atoms with van der Waals surface area (Å²) in [4.78, 5) is 9.30. The van der Waals surface area contributed by atoms with E-state index in [1.807, 2.05) is 25.2 Å². The zero-order chi connectivity index (χ0) is 19.6. The minimum Gasteiger partial charge on any atom is -0.496 e. The molecule has 158 valence electrons. The van der Waals surface area contributed by atoms with Crippen LogP contribution in [-0.2, 0) is 12.0 Å². The normalized spacial score (nSPS) is 24.7. The van der Waals surface area contributed by atoms with Crippen LogP contribution >= 0.6 is 24.0 Å². The number of para-hydroxylation sites is 1. The molecule has 0 radical (unpaired) electrons. The third kappa shape index (κ3) is 4.69. The van der Waals surface area contributed by atoms with Crippen molar-refractivity contribution in [2.24, 2.45) is 4.99 Å². The third-order valence-electron chi connectivity index (χ3n) is 6.02. The van der Waals surface area contributed by atoms with Gasteiger partial charge in [0.25, 0.3) is 0 Å². The number of methoxy groups -OCH3 is 1. The molecule has 1 aliphatic carbocycles. The van der Waals surface area contributed by atoms with Crippen molar-refractivity contribution >= 4 is 29.9 Å². The summed E-state index contributed by atoms with van der Waals surface area (Å²) in [7, 11) is 3.61. The number of rotatable bonds is 5. The van der Waals surface area contributed by atoms with Gasteiger partial charge in [0.2, 0.25) is 0 Å². The Morgan fingerprint density at radius 3 is 2.69 bits per heavy atom. The molecule has 1 saturated carbocycles. The van der Waals surface area contributed by atoms with E-state index >= 15 is 0 Å². The number of ether oxygens (including phenoxy) is 1. The fourth-order valence-corrected chi connectivity index (χ4v) is 4.11. The zero-order valence-electron chi connectivity index (χ0n) is 17.3. The molecule has 29 heavy (non-hydrogen) atoms. The Hall–Kier alpha value is -1.81. The molecule has 1 aromatic heterocycles. The second-order valence-corrected chi connectivity index (χ2v) is 7.82. The summed E-state index contributed by atoms with van der Waals surface area (Å²) in [5.74, 6) is 1.95. The number of aromatic nitrogens is 1. The van der Waals surface area contributed by atoms with E-state index in [0.717, 1.165) is 56.5 Å². The van der Waals surface area contributed by atoms with Crippen molar-refractivity contribution in [3.05, 3.63) is 47.9 Å². The van der Waals surface area contributed by atoms with Crippen molar-refractivity contribution in [1.29, 1.82) is 0 Å². The first-order chi connectivity index (χ1) is 13.6. The van der Waals surface area contributed by atoms with E-state index in [1.165, 1.54) is 5.56 Å². The number of guanidine groups is 1. The number of nitrogens with one attached hydrogen (secondary N) is 1. The Balaban J connectivity index is 0.00000240. The molecule has 2 heterocycles. The molecule has 2 atom stereocenters. The van der Waals surface area contributed by atoms with Crippen LogP contribution in [0.3, 0.4) is 0 Å². The second-order valence-electron chi connectivity index (χ2n) is 7.82. The van der Waals surface area contributed by atoms with Gasteiger partial charge < -0.3 is 19.5 Å². The fraction of sp³-hybridized carbons (Fsp3) is 0.524. The van der Waals surface area contributed by atoms with Crippen molar-refractivity contribution in [3.63, 3.8) is 0 Å². The molecule has 0 bridgehead atoms. The first-order valence-corrected chi connectivity index (χ1v) is 9.87. The van der Waals surface area contributed by atoms with E-state index in [9.17, 15) is 0 Å². The standard InChI is InChI=1S/C21H29N5O2.HI/c1-21(17-6-4-5-7-18(17)27-3)14-19(21)23-20(22-2)26-11-9-25(10-12-26)15-16-8-13-28-24-16;/h4-8,13,19H,9-12,14-15H2,1-3H3,(H,22,23);1H. The Bertz CT molecular complexity index is 820. The molecule has 1 saturated heterocycles. The highest BCUT2D eigenvalue weighted by Crippen LogP contribution is 2.51. The van der Waals surface area contributed by atoms with E-state index in [-0.39, 0.29) is 29.4 Å². The smallest absolute Gasteiger partial charge is 0.193 e. The van der Waals surface area contributed by atoms with Gasteiger partial charge >= 0.3 is 0 Å². The topological polar surface area (TPSA) is 66.1 Å². The Labute approximate surface area is 189 Å². The maximum Gasteiger partial charge on any atom is 0.193 e. The number of aliphatic imine (C=N–C) groups is 1. The largest absolute Gasteiger partial charge is 0.496 e. The number of hydrogen-bond donors (Lipinski definition) is 1.